The molecule has 2 N–H and O–H groups in total. The topological polar surface area (TPSA) is 151 Å². The van der Waals surface area contributed by atoms with Crippen LogP contribution in [0.25, 0.3) is 21.3 Å². The average Bonchev–Trinajstić information content (AvgIpc) is 3.87. The summed E-state index contributed by atoms with van der Waals surface area (Å²) in [6.07, 6.45) is 23.8. The van der Waals surface area contributed by atoms with E-state index in [2.05, 4.69) is 60.8 Å². The summed E-state index contributed by atoms with van der Waals surface area (Å²) in [5, 5.41) is 29.1. The molecule has 10 rings (SSSR count). The maximum atomic E-state index is 13.0. The molecular formula is C55H75N9O4S. The van der Waals surface area contributed by atoms with Crippen molar-refractivity contribution < 1.29 is 19.4 Å². The van der Waals surface area contributed by atoms with E-state index >= 15 is 0 Å². The predicted octanol–water partition coefficient (Wildman–Crippen LogP) is 12.4. The van der Waals surface area contributed by atoms with Gasteiger partial charge in [-0.25, -0.2) is 14.8 Å². The molecule has 69 heavy (non-hydrogen) atoms. The molecule has 5 aromatic rings. The van der Waals surface area contributed by atoms with Gasteiger partial charge in [-0.1, -0.05) is 88.7 Å². The fourth-order valence-electron chi connectivity index (χ4n) is 14.0. The van der Waals surface area contributed by atoms with Gasteiger partial charge in [-0.05, 0) is 139 Å². The highest BCUT2D eigenvalue weighted by atomic mass is 32.1. The van der Waals surface area contributed by atoms with Crippen LogP contribution >= 0.6 is 11.3 Å². The Balaban J connectivity index is 0.821. The molecule has 0 amide bonds. The van der Waals surface area contributed by atoms with Crippen LogP contribution in [0.2, 0.25) is 0 Å². The first-order valence-corrected chi connectivity index (χ1v) is 26.8. The Kier molecular flexibility index (Phi) is 14.6. The predicted molar refractivity (Wildman–Crippen MR) is 276 cm³/mol. The van der Waals surface area contributed by atoms with Crippen molar-refractivity contribution in [2.45, 2.75) is 169 Å². The number of anilines is 4. The molecule has 5 heterocycles. The smallest absolute Gasteiger partial charge is 0.355 e. The van der Waals surface area contributed by atoms with Gasteiger partial charge in [-0.2, -0.15) is 5.10 Å². The zero-order valence-corrected chi connectivity index (χ0v) is 43.0. The van der Waals surface area contributed by atoms with E-state index in [0.29, 0.717) is 35.3 Å². The molecule has 4 saturated carbocycles. The highest BCUT2D eigenvalue weighted by molar-refractivity contribution is 7.22. The van der Waals surface area contributed by atoms with Crippen molar-refractivity contribution in [2.24, 2.45) is 16.2 Å². The summed E-state index contributed by atoms with van der Waals surface area (Å²) < 4.78 is 10.4. The largest absolute Gasteiger partial charge is 0.476 e. The summed E-state index contributed by atoms with van der Waals surface area (Å²) in [6, 6.07) is 11.9. The number of aromatic nitrogens is 6. The number of carboxylic acid groups (broad SMARTS) is 1. The second-order valence-corrected chi connectivity index (χ2v) is 23.5. The van der Waals surface area contributed by atoms with Gasteiger partial charge in [0, 0.05) is 54.0 Å². The molecule has 4 aromatic heterocycles. The number of Topliss-reactive ketones (excluding diaryl/α,β-unsaturated/α-hetero) is 1. The minimum Gasteiger partial charge on any atom is -0.476 e. The van der Waals surface area contributed by atoms with Crippen LogP contribution in [0.1, 0.15) is 164 Å². The molecule has 0 radical (unpaired) electrons. The van der Waals surface area contributed by atoms with Gasteiger partial charge in [0.2, 0.25) is 0 Å². The minimum atomic E-state index is -1.07. The summed E-state index contributed by atoms with van der Waals surface area (Å²) in [5.74, 6) is 1.17. The molecule has 4 aliphatic carbocycles. The monoisotopic (exact) mass is 958 g/mol. The van der Waals surface area contributed by atoms with Crippen LogP contribution in [-0.2, 0) is 22.5 Å². The van der Waals surface area contributed by atoms with Crippen LogP contribution in [0, 0.1) is 30.1 Å². The van der Waals surface area contributed by atoms with Crippen LogP contribution in [0.4, 0.5) is 22.6 Å². The molecule has 370 valence electrons. The number of carbonyl (C=O) groups is 2. The summed E-state index contributed by atoms with van der Waals surface area (Å²) in [6.45, 7) is 15.1. The van der Waals surface area contributed by atoms with E-state index in [0.717, 1.165) is 122 Å². The standard InChI is InChI=1S/C55H75N9O4S/c1-38(65)20-15-13-11-9-7-8-10-12-14-18-26-62(6)28-29-68-55-34-52(4)31-53(5,35-55)33-54(32-52,36-55)37-64-40(3)43(30-56-64)42-24-25-46(58-47(42)50(66)67)63-27-19-21-41-39(2)48(60-61-49(41)63)59-51-57-44-22-16-17-23-45(44)69-51/h16-17,22-25,30H,7-15,18-21,26-29,31-37H2,1-6H3,(H,66,67)(H,57,59,60). The Morgan fingerprint density at radius 3 is 2.26 bits per heavy atom. The number of unbranched alkanes of at least 4 members (excludes halogenated alkanes) is 9. The number of fused-ring (bicyclic) bond motifs is 2. The lowest BCUT2D eigenvalue weighted by Crippen LogP contribution is -2.64. The first kappa shape index (κ1) is 49.2. The number of benzene rings is 1. The van der Waals surface area contributed by atoms with Gasteiger partial charge in [0.25, 0.3) is 0 Å². The number of pyridine rings is 1. The fourth-order valence-corrected chi connectivity index (χ4v) is 14.8. The number of nitrogens with one attached hydrogen (secondary N) is 1. The number of hydrogen-bond donors (Lipinski definition) is 2. The van der Waals surface area contributed by atoms with E-state index in [1.807, 2.05) is 41.4 Å². The number of carboxylic acids is 1. The van der Waals surface area contributed by atoms with E-state index in [-0.39, 0.29) is 27.5 Å². The Morgan fingerprint density at radius 1 is 0.841 bits per heavy atom. The lowest BCUT2D eigenvalue weighted by Gasteiger charge is -2.69. The molecule has 1 aromatic carbocycles. The normalized spacial score (nSPS) is 23.8. The van der Waals surface area contributed by atoms with Crippen molar-refractivity contribution in [3.05, 3.63) is 65.1 Å². The lowest BCUT2D eigenvalue weighted by atomic mass is 9.39. The van der Waals surface area contributed by atoms with Crippen LogP contribution in [-0.4, -0.2) is 90.6 Å². The highest BCUT2D eigenvalue weighted by Gasteiger charge is 2.66. The SMILES string of the molecule is CC(=O)CCCCCCCCCCCCN(C)CCOC12CC3(C)CC(C)(CC(Cn4ncc(-c5ccc(N6CCCc7c6nnc(Nc6nc8ccccc8s6)c7C)nc5C(=O)O)c4C)(C3)C1)C2. The van der Waals surface area contributed by atoms with Gasteiger partial charge in [0.1, 0.15) is 11.6 Å². The van der Waals surface area contributed by atoms with Crippen LogP contribution in [0.15, 0.2) is 42.6 Å². The Morgan fingerprint density at radius 2 is 1.55 bits per heavy atom. The zero-order chi connectivity index (χ0) is 48.4. The van der Waals surface area contributed by atoms with E-state index in [9.17, 15) is 14.7 Å². The number of nitrogens with zero attached hydrogens (tertiary/aromatic N) is 8. The number of likely N-dealkylation sites (N-methyl/N-ethyl adjacent to an activating group) is 1. The van der Waals surface area contributed by atoms with Crippen molar-refractivity contribution in [2.75, 3.05) is 43.5 Å². The van der Waals surface area contributed by atoms with Gasteiger partial charge >= 0.3 is 5.97 Å². The number of ether oxygens (including phenoxy) is 1. The van der Waals surface area contributed by atoms with Crippen molar-refractivity contribution in [3.8, 4) is 11.1 Å². The molecule has 1 aliphatic heterocycles. The number of hydrogen-bond acceptors (Lipinski definition) is 12. The van der Waals surface area contributed by atoms with Crippen molar-refractivity contribution in [1.29, 1.82) is 0 Å². The third-order valence-electron chi connectivity index (χ3n) is 16.0. The third-order valence-corrected chi connectivity index (χ3v) is 16.9. The minimum absolute atomic E-state index is 0.00820. The number of rotatable bonds is 24. The van der Waals surface area contributed by atoms with Crippen LogP contribution < -0.4 is 10.2 Å². The highest BCUT2D eigenvalue weighted by Crippen LogP contribution is 2.72. The fraction of sp³-hybridized carbons (Fsp3) is 0.618. The van der Waals surface area contributed by atoms with E-state index < -0.39 is 5.97 Å². The Bertz CT molecular complexity index is 2590. The lowest BCUT2D eigenvalue weighted by molar-refractivity contribution is -0.248. The first-order chi connectivity index (χ1) is 33.1. The van der Waals surface area contributed by atoms with Crippen molar-refractivity contribution >= 4 is 55.9 Å². The summed E-state index contributed by atoms with van der Waals surface area (Å²) in [4.78, 5) is 38.2. The molecule has 0 saturated heterocycles. The third kappa shape index (κ3) is 11.1. The van der Waals surface area contributed by atoms with Gasteiger partial charge in [0.05, 0.1) is 28.6 Å². The first-order valence-electron chi connectivity index (χ1n) is 26.0. The van der Waals surface area contributed by atoms with Crippen LogP contribution in [0.5, 0.6) is 0 Å². The average molecular weight is 958 g/mol. The van der Waals surface area contributed by atoms with Gasteiger partial charge in [-0.15, -0.1) is 10.2 Å². The van der Waals surface area contributed by atoms with Crippen molar-refractivity contribution in [1.82, 2.24) is 34.8 Å². The van der Waals surface area contributed by atoms with Crippen LogP contribution in [0.3, 0.4) is 0 Å². The van der Waals surface area contributed by atoms with Gasteiger partial charge in [-0.3, -0.25) is 4.68 Å². The Hall–Kier alpha value is -4.79. The van der Waals surface area contributed by atoms with E-state index in [1.54, 1.807) is 18.3 Å². The summed E-state index contributed by atoms with van der Waals surface area (Å²) in [7, 11) is 2.25. The quantitative estimate of drug-likeness (QED) is 0.0566. The number of ketones is 1. The Labute approximate surface area is 413 Å². The molecular weight excluding hydrogens is 883 g/mol. The summed E-state index contributed by atoms with van der Waals surface area (Å²) in [5.41, 5.74) is 5.71. The summed E-state index contributed by atoms with van der Waals surface area (Å²) >= 11 is 1.58. The number of carbonyl (C=O) groups excluding carboxylic acids is 1. The van der Waals surface area contributed by atoms with E-state index in [1.165, 1.54) is 64.2 Å². The molecule has 14 heteroatoms. The number of para-hydroxylation sites is 1. The second kappa shape index (κ2) is 20.5. The molecule has 4 fully saturated rings. The van der Waals surface area contributed by atoms with Gasteiger partial charge < -0.3 is 29.8 Å². The maximum Gasteiger partial charge on any atom is 0.355 e. The number of aromatic carboxylic acids is 1. The zero-order valence-electron chi connectivity index (χ0n) is 42.2. The molecule has 4 bridgehead atoms. The molecule has 2 unspecified atom stereocenters. The second-order valence-electron chi connectivity index (χ2n) is 22.5. The number of thiazole rings is 1. The van der Waals surface area contributed by atoms with Crippen molar-refractivity contribution in [3.63, 3.8) is 0 Å². The molecule has 5 aliphatic rings. The maximum absolute atomic E-state index is 13.0. The molecule has 13 nitrogen and oxygen atoms in total. The molecule has 2 atom stereocenters. The van der Waals surface area contributed by atoms with E-state index in [4.69, 9.17) is 24.9 Å². The van der Waals surface area contributed by atoms with Gasteiger partial charge in [0.15, 0.2) is 22.5 Å². The molecule has 0 spiro atoms.